The standard InChI is InChI=1S/C21H20N4O4S/c1-13-4-3-5-16-17(13)23-21(10-11-30(27,28)12-21)25-19(16)22-20(26)18(24-25)14-6-8-15(29-2)9-7-14/h3-9,23H,10-12H2,1-2H3/t21-/m1/s1. The Morgan fingerprint density at radius 2 is 1.93 bits per heavy atom. The van der Waals surface area contributed by atoms with Crippen LogP contribution in [0.1, 0.15) is 12.0 Å². The molecule has 3 heterocycles. The van der Waals surface area contributed by atoms with E-state index in [-0.39, 0.29) is 17.2 Å². The molecule has 0 aliphatic carbocycles. The van der Waals surface area contributed by atoms with Crippen molar-refractivity contribution in [3.8, 4) is 28.4 Å². The second-order valence-electron chi connectivity index (χ2n) is 7.73. The molecule has 0 bridgehead atoms. The van der Waals surface area contributed by atoms with E-state index in [2.05, 4.69) is 15.4 Å². The minimum Gasteiger partial charge on any atom is -0.497 e. The summed E-state index contributed by atoms with van der Waals surface area (Å²) in [6, 6.07) is 12.6. The van der Waals surface area contributed by atoms with Crippen molar-refractivity contribution in [2.45, 2.75) is 19.0 Å². The third-order valence-electron chi connectivity index (χ3n) is 5.74. The van der Waals surface area contributed by atoms with Crippen molar-refractivity contribution in [2.75, 3.05) is 23.9 Å². The lowest BCUT2D eigenvalue weighted by Gasteiger charge is -2.38. The molecule has 1 N–H and O–H groups in total. The molecular weight excluding hydrogens is 404 g/mol. The molecule has 5 rings (SSSR count). The quantitative estimate of drug-likeness (QED) is 0.673. The molecule has 0 amide bonds. The summed E-state index contributed by atoms with van der Waals surface area (Å²) in [6.07, 6.45) is 0.343. The second kappa shape index (κ2) is 6.40. The molecule has 1 atom stereocenters. The number of hydrogen-bond donors (Lipinski definition) is 1. The van der Waals surface area contributed by atoms with Crippen LogP contribution < -0.4 is 15.6 Å². The highest BCUT2D eigenvalue weighted by molar-refractivity contribution is 7.91. The molecule has 0 unspecified atom stereocenters. The summed E-state index contributed by atoms with van der Waals surface area (Å²) < 4.78 is 31.6. The van der Waals surface area contributed by atoms with E-state index in [0.29, 0.717) is 23.6 Å². The fraction of sp³-hybridized carbons (Fsp3) is 0.286. The first kappa shape index (κ1) is 18.8. The van der Waals surface area contributed by atoms with Gasteiger partial charge in [-0.15, -0.1) is 0 Å². The van der Waals surface area contributed by atoms with Crippen LogP contribution in [0, 0.1) is 6.92 Å². The molecule has 3 aromatic rings. The van der Waals surface area contributed by atoms with Crippen molar-refractivity contribution in [1.29, 1.82) is 0 Å². The van der Waals surface area contributed by atoms with E-state index >= 15 is 0 Å². The van der Waals surface area contributed by atoms with Gasteiger partial charge in [0.05, 0.1) is 18.6 Å². The lowest BCUT2D eigenvalue weighted by Crippen LogP contribution is -2.48. The normalized spacial score (nSPS) is 21.0. The highest BCUT2D eigenvalue weighted by atomic mass is 32.2. The summed E-state index contributed by atoms with van der Waals surface area (Å²) in [5.74, 6) is 0.980. The third-order valence-corrected chi connectivity index (χ3v) is 7.48. The van der Waals surface area contributed by atoms with E-state index in [9.17, 15) is 13.2 Å². The van der Waals surface area contributed by atoms with Gasteiger partial charge in [-0.2, -0.15) is 10.1 Å². The lowest BCUT2D eigenvalue weighted by molar-refractivity contribution is 0.331. The molecule has 9 heteroatoms. The maximum atomic E-state index is 12.9. The number of rotatable bonds is 2. The van der Waals surface area contributed by atoms with Crippen molar-refractivity contribution in [1.82, 2.24) is 14.8 Å². The molecule has 1 spiro atoms. The second-order valence-corrected chi connectivity index (χ2v) is 9.91. The average Bonchev–Trinajstić information content (AvgIpc) is 3.04. The van der Waals surface area contributed by atoms with Crippen LogP contribution in [0.5, 0.6) is 5.75 Å². The number of para-hydroxylation sites is 1. The molecule has 2 aliphatic heterocycles. The van der Waals surface area contributed by atoms with Crippen LogP contribution in [0.4, 0.5) is 5.69 Å². The van der Waals surface area contributed by atoms with Crippen LogP contribution in [0.15, 0.2) is 47.3 Å². The molecule has 8 nitrogen and oxygen atoms in total. The molecule has 154 valence electrons. The smallest absolute Gasteiger partial charge is 0.300 e. The van der Waals surface area contributed by atoms with E-state index in [1.807, 2.05) is 25.1 Å². The Hall–Kier alpha value is -3.20. The van der Waals surface area contributed by atoms with Crippen molar-refractivity contribution in [3.63, 3.8) is 0 Å². The Morgan fingerprint density at radius 3 is 2.60 bits per heavy atom. The first-order valence-electron chi connectivity index (χ1n) is 9.57. The van der Waals surface area contributed by atoms with Gasteiger partial charge < -0.3 is 10.1 Å². The number of anilines is 1. The number of aryl methyl sites for hydroxylation is 1. The number of nitrogens with zero attached hydrogens (tertiary/aromatic N) is 3. The van der Waals surface area contributed by atoms with Crippen LogP contribution in [0.2, 0.25) is 0 Å². The summed E-state index contributed by atoms with van der Waals surface area (Å²) in [4.78, 5) is 17.3. The number of hydrogen-bond acceptors (Lipinski definition) is 7. The largest absolute Gasteiger partial charge is 0.497 e. The highest BCUT2D eigenvalue weighted by Gasteiger charge is 2.49. The van der Waals surface area contributed by atoms with Gasteiger partial charge in [-0.1, -0.05) is 12.1 Å². The lowest BCUT2D eigenvalue weighted by atomic mass is 9.99. The Morgan fingerprint density at radius 1 is 1.17 bits per heavy atom. The van der Waals surface area contributed by atoms with E-state index < -0.39 is 21.1 Å². The molecule has 30 heavy (non-hydrogen) atoms. The average molecular weight is 424 g/mol. The zero-order valence-electron chi connectivity index (χ0n) is 16.5. The first-order chi connectivity index (χ1) is 14.3. The van der Waals surface area contributed by atoms with Gasteiger partial charge in [0.1, 0.15) is 11.4 Å². The zero-order valence-corrected chi connectivity index (χ0v) is 17.4. The van der Waals surface area contributed by atoms with Gasteiger partial charge >= 0.3 is 0 Å². The molecule has 1 aromatic heterocycles. The monoisotopic (exact) mass is 424 g/mol. The molecule has 2 aliphatic rings. The SMILES string of the molecule is COc1ccc(-c2nn3c(nc2=O)-c2cccc(C)c2N[C@]32CCS(=O)(=O)C2)cc1. The van der Waals surface area contributed by atoms with Gasteiger partial charge in [0.2, 0.25) is 0 Å². The van der Waals surface area contributed by atoms with E-state index in [1.54, 1.807) is 36.1 Å². The molecule has 0 radical (unpaired) electrons. The van der Waals surface area contributed by atoms with Crippen molar-refractivity contribution in [3.05, 3.63) is 58.4 Å². The van der Waals surface area contributed by atoms with Gasteiger partial charge in [0.25, 0.3) is 5.56 Å². The first-order valence-corrected chi connectivity index (χ1v) is 11.4. The topological polar surface area (TPSA) is 103 Å². The number of sulfone groups is 1. The predicted octanol–water partition coefficient (Wildman–Crippen LogP) is 2.19. The number of methoxy groups -OCH3 is 1. The van der Waals surface area contributed by atoms with Crippen LogP contribution in [0.25, 0.3) is 22.6 Å². The Kier molecular flexibility index (Phi) is 4.01. The summed E-state index contributed by atoms with van der Waals surface area (Å²) in [6.45, 7) is 1.94. The maximum Gasteiger partial charge on any atom is 0.300 e. The summed E-state index contributed by atoms with van der Waals surface area (Å²) >= 11 is 0. The molecule has 2 aromatic carbocycles. The van der Waals surface area contributed by atoms with E-state index in [0.717, 1.165) is 16.8 Å². The minimum atomic E-state index is -3.25. The zero-order chi connectivity index (χ0) is 21.1. The molecule has 1 saturated heterocycles. The van der Waals surface area contributed by atoms with Gasteiger partial charge in [-0.25, -0.2) is 13.1 Å². The fourth-order valence-corrected chi connectivity index (χ4v) is 6.05. The fourth-order valence-electron chi connectivity index (χ4n) is 4.19. The third kappa shape index (κ3) is 2.80. The van der Waals surface area contributed by atoms with Gasteiger partial charge in [0, 0.05) is 23.2 Å². The highest BCUT2D eigenvalue weighted by Crippen LogP contribution is 2.43. The number of fused-ring (bicyclic) bond motifs is 4. The predicted molar refractivity (Wildman–Crippen MR) is 113 cm³/mol. The Labute approximate surface area is 173 Å². The van der Waals surface area contributed by atoms with E-state index in [1.165, 1.54) is 0 Å². The summed E-state index contributed by atoms with van der Waals surface area (Å²) in [5.41, 5.74) is 1.80. The van der Waals surface area contributed by atoms with Crippen LogP contribution >= 0.6 is 0 Å². The molecular formula is C21H20N4O4S. The van der Waals surface area contributed by atoms with E-state index in [4.69, 9.17) is 4.74 Å². The van der Waals surface area contributed by atoms with Gasteiger partial charge in [-0.05, 0) is 42.8 Å². The van der Waals surface area contributed by atoms with Crippen molar-refractivity contribution < 1.29 is 13.2 Å². The number of benzene rings is 2. The molecule has 1 fully saturated rings. The van der Waals surface area contributed by atoms with Crippen molar-refractivity contribution in [2.24, 2.45) is 0 Å². The van der Waals surface area contributed by atoms with Gasteiger partial charge in [-0.3, -0.25) is 4.79 Å². The summed E-state index contributed by atoms with van der Waals surface area (Å²) in [7, 11) is -1.69. The Balaban J connectivity index is 1.77. The number of nitrogens with one attached hydrogen (secondary N) is 1. The minimum absolute atomic E-state index is 0.0479. The number of ether oxygens (including phenoxy) is 1. The van der Waals surface area contributed by atoms with Crippen LogP contribution in [0.3, 0.4) is 0 Å². The van der Waals surface area contributed by atoms with Gasteiger partial charge in [0.15, 0.2) is 21.4 Å². The van der Waals surface area contributed by atoms with Crippen LogP contribution in [-0.2, 0) is 15.5 Å². The maximum absolute atomic E-state index is 12.9. The van der Waals surface area contributed by atoms with Crippen LogP contribution in [-0.4, -0.2) is 41.8 Å². The summed E-state index contributed by atoms with van der Waals surface area (Å²) in [5, 5.41) is 8.07. The number of aromatic nitrogens is 3. The molecule has 0 saturated carbocycles. The Bertz CT molecular complexity index is 1330. The van der Waals surface area contributed by atoms with Crippen molar-refractivity contribution >= 4 is 15.5 Å².